The monoisotopic (exact) mass is 510 g/mol. The second-order valence-corrected chi connectivity index (χ2v) is 14.3. The maximum Gasteiger partial charge on any atom is -0.00835 e. The molecule has 4 aromatic carbocycles. The van der Waals surface area contributed by atoms with E-state index in [1.807, 2.05) is 0 Å². The molecule has 0 spiro atoms. The van der Waals surface area contributed by atoms with Crippen molar-refractivity contribution in [2.75, 3.05) is 6.16 Å². The molecule has 0 radical (unpaired) electrons. The van der Waals surface area contributed by atoms with Gasteiger partial charge < -0.3 is 0 Å². The van der Waals surface area contributed by atoms with E-state index in [4.69, 9.17) is 0 Å². The van der Waals surface area contributed by atoms with Crippen molar-refractivity contribution in [1.29, 1.82) is 0 Å². The minimum atomic E-state index is -0.439. The summed E-state index contributed by atoms with van der Waals surface area (Å²) < 4.78 is 0. The van der Waals surface area contributed by atoms with Crippen LogP contribution in [-0.2, 0) is 0 Å². The van der Waals surface area contributed by atoms with Crippen LogP contribution in [0.3, 0.4) is 0 Å². The largest absolute Gasteiger partial charge is 0.0654 e. The van der Waals surface area contributed by atoms with Crippen LogP contribution in [0.1, 0.15) is 51.9 Å². The first-order valence-electron chi connectivity index (χ1n) is 13.6. The van der Waals surface area contributed by atoms with Gasteiger partial charge in [-0.15, -0.1) is 0 Å². The van der Waals surface area contributed by atoms with Gasteiger partial charge >= 0.3 is 0 Å². The fraction of sp³-hybridized carbons (Fsp3) is 0.294. The Kier molecular flexibility index (Phi) is 11.2. The van der Waals surface area contributed by atoms with Crippen molar-refractivity contribution in [2.24, 2.45) is 0 Å². The van der Waals surface area contributed by atoms with Gasteiger partial charge in [-0.1, -0.05) is 167 Å². The molecule has 0 N–H and O–H groups in total. The van der Waals surface area contributed by atoms with E-state index in [2.05, 4.69) is 128 Å². The Bertz CT molecular complexity index is 1020. The smallest absolute Gasteiger partial charge is 0.00835 e. The number of rotatable bonds is 14. The molecule has 1 atom stereocenters. The van der Waals surface area contributed by atoms with Gasteiger partial charge in [-0.3, -0.25) is 0 Å². The molecule has 0 saturated carbocycles. The summed E-state index contributed by atoms with van der Waals surface area (Å²) in [5.41, 5.74) is 0.655. The fourth-order valence-corrected chi connectivity index (χ4v) is 11.1. The van der Waals surface area contributed by atoms with Crippen LogP contribution in [0.4, 0.5) is 0 Å². The van der Waals surface area contributed by atoms with Crippen molar-refractivity contribution in [3.05, 3.63) is 121 Å². The predicted octanol–water partition coefficient (Wildman–Crippen LogP) is 8.37. The van der Waals surface area contributed by atoms with Crippen molar-refractivity contribution < 1.29 is 0 Å². The third-order valence-electron chi connectivity index (χ3n) is 6.85. The lowest BCUT2D eigenvalue weighted by Crippen LogP contribution is -2.27. The van der Waals surface area contributed by atoms with E-state index >= 15 is 0 Å². The highest BCUT2D eigenvalue weighted by molar-refractivity contribution is 7.77. The Morgan fingerprint density at radius 3 is 1.31 bits per heavy atom. The normalized spacial score (nSPS) is 12.2. The van der Waals surface area contributed by atoms with E-state index in [0.717, 1.165) is 0 Å². The van der Waals surface area contributed by atoms with Crippen LogP contribution >= 0.6 is 15.8 Å². The van der Waals surface area contributed by atoms with Crippen molar-refractivity contribution in [1.82, 2.24) is 0 Å². The predicted molar refractivity (Wildman–Crippen MR) is 165 cm³/mol. The Labute approximate surface area is 221 Å². The molecular weight excluding hydrogens is 470 g/mol. The standard InChI is InChI=1S/C34H40P2/c1-2-3-4-5-6-11-28-34(36(32-24-16-9-17-25-32)33-26-18-10-19-27-33)29-35(30-20-12-7-13-21-30)31-22-14-8-15-23-31/h7-10,12-27,34H,2-6,11,28-29H2,1H3. The van der Waals surface area contributed by atoms with Gasteiger partial charge in [0.1, 0.15) is 0 Å². The molecule has 0 aliphatic rings. The van der Waals surface area contributed by atoms with Crippen LogP contribution < -0.4 is 21.2 Å². The average molecular weight is 511 g/mol. The lowest BCUT2D eigenvalue weighted by molar-refractivity contribution is 0.588. The average Bonchev–Trinajstić information content (AvgIpc) is 2.95. The first-order valence-corrected chi connectivity index (χ1v) is 16.6. The minimum absolute atomic E-state index is 0.417. The van der Waals surface area contributed by atoms with Gasteiger partial charge in [0, 0.05) is 0 Å². The molecule has 2 heteroatoms. The van der Waals surface area contributed by atoms with E-state index in [1.165, 1.54) is 72.3 Å². The van der Waals surface area contributed by atoms with Gasteiger partial charge in [-0.05, 0) is 55.3 Å². The molecule has 0 bridgehead atoms. The van der Waals surface area contributed by atoms with Gasteiger partial charge in [0.25, 0.3) is 0 Å². The second-order valence-electron chi connectivity index (χ2n) is 9.53. The van der Waals surface area contributed by atoms with Gasteiger partial charge in [-0.25, -0.2) is 0 Å². The third kappa shape index (κ3) is 7.87. The first-order chi connectivity index (χ1) is 17.9. The van der Waals surface area contributed by atoms with Crippen molar-refractivity contribution >= 4 is 37.1 Å². The first kappa shape index (κ1) is 26.8. The molecule has 4 rings (SSSR count). The van der Waals surface area contributed by atoms with Crippen molar-refractivity contribution in [3.63, 3.8) is 0 Å². The second kappa shape index (κ2) is 15.1. The quantitative estimate of drug-likeness (QED) is 0.118. The summed E-state index contributed by atoms with van der Waals surface area (Å²) in [4.78, 5) is 0. The Morgan fingerprint density at radius 2 is 0.861 bits per heavy atom. The molecule has 1 unspecified atom stereocenters. The molecule has 0 aliphatic heterocycles. The van der Waals surface area contributed by atoms with Crippen LogP contribution in [0, 0.1) is 0 Å². The summed E-state index contributed by atoms with van der Waals surface area (Å²) in [7, 11) is -0.856. The molecule has 186 valence electrons. The SMILES string of the molecule is CCCCCCCCC(CP(c1ccccc1)c1ccccc1)P(c1ccccc1)c1ccccc1. The zero-order valence-electron chi connectivity index (χ0n) is 21.7. The third-order valence-corrected chi connectivity index (χ3v) is 12.7. The Hall–Kier alpha value is -2.26. The van der Waals surface area contributed by atoms with Crippen LogP contribution in [-0.4, -0.2) is 11.8 Å². The summed E-state index contributed by atoms with van der Waals surface area (Å²) in [5, 5.41) is 6.04. The summed E-state index contributed by atoms with van der Waals surface area (Å²) in [6.45, 7) is 2.30. The number of unbranched alkanes of at least 4 members (excludes halogenated alkanes) is 5. The highest BCUT2D eigenvalue weighted by atomic mass is 31.1. The lowest BCUT2D eigenvalue weighted by Gasteiger charge is -2.32. The van der Waals surface area contributed by atoms with Crippen LogP contribution in [0.15, 0.2) is 121 Å². The van der Waals surface area contributed by atoms with Gasteiger partial charge in [-0.2, -0.15) is 0 Å². The van der Waals surface area contributed by atoms with Gasteiger partial charge in [0.15, 0.2) is 0 Å². The van der Waals surface area contributed by atoms with Gasteiger partial charge in [0.2, 0.25) is 0 Å². The zero-order valence-corrected chi connectivity index (χ0v) is 23.5. The minimum Gasteiger partial charge on any atom is -0.0654 e. The Morgan fingerprint density at radius 1 is 0.472 bits per heavy atom. The number of hydrogen-bond acceptors (Lipinski definition) is 0. The number of hydrogen-bond donors (Lipinski definition) is 0. The molecule has 0 nitrogen and oxygen atoms in total. The lowest BCUT2D eigenvalue weighted by atomic mass is 10.1. The summed E-state index contributed by atoms with van der Waals surface area (Å²) in [6.07, 6.45) is 10.7. The molecule has 0 saturated heterocycles. The maximum atomic E-state index is 2.38. The van der Waals surface area contributed by atoms with E-state index in [1.54, 1.807) is 0 Å². The molecule has 0 amide bonds. The van der Waals surface area contributed by atoms with Crippen molar-refractivity contribution in [3.8, 4) is 0 Å². The van der Waals surface area contributed by atoms with Crippen LogP contribution in [0.25, 0.3) is 0 Å². The number of benzene rings is 4. The topological polar surface area (TPSA) is 0 Å². The molecule has 0 fully saturated rings. The Balaban J connectivity index is 1.68. The molecule has 0 heterocycles. The molecular formula is C34H40P2. The maximum absolute atomic E-state index is 2.38. The van der Waals surface area contributed by atoms with E-state index in [-0.39, 0.29) is 0 Å². The highest BCUT2D eigenvalue weighted by Gasteiger charge is 2.28. The van der Waals surface area contributed by atoms with E-state index in [9.17, 15) is 0 Å². The zero-order chi connectivity index (χ0) is 24.8. The van der Waals surface area contributed by atoms with Crippen LogP contribution in [0.5, 0.6) is 0 Å². The summed E-state index contributed by atoms with van der Waals surface area (Å²) in [5.74, 6) is 0. The van der Waals surface area contributed by atoms with Gasteiger partial charge in [0.05, 0.1) is 0 Å². The van der Waals surface area contributed by atoms with E-state index in [0.29, 0.717) is 5.66 Å². The van der Waals surface area contributed by atoms with E-state index < -0.39 is 15.8 Å². The molecule has 0 aliphatic carbocycles. The molecule has 4 aromatic rings. The van der Waals surface area contributed by atoms with Crippen LogP contribution in [0.2, 0.25) is 0 Å². The van der Waals surface area contributed by atoms with Crippen molar-refractivity contribution in [2.45, 2.75) is 57.5 Å². The fourth-order valence-electron chi connectivity index (χ4n) is 5.00. The molecule has 36 heavy (non-hydrogen) atoms. The summed E-state index contributed by atoms with van der Waals surface area (Å²) in [6, 6.07) is 45.3. The molecule has 0 aromatic heterocycles. The highest BCUT2D eigenvalue weighted by Crippen LogP contribution is 2.48. The summed E-state index contributed by atoms with van der Waals surface area (Å²) >= 11 is 0.